The Morgan fingerprint density at radius 1 is 1.15 bits per heavy atom. The quantitative estimate of drug-likeness (QED) is 0.541. The second kappa shape index (κ2) is 10.7. The first-order valence-electron chi connectivity index (χ1n) is 9.28. The van der Waals surface area contributed by atoms with Gasteiger partial charge in [0.1, 0.15) is 6.54 Å². The van der Waals surface area contributed by atoms with Gasteiger partial charge in [0.2, 0.25) is 5.91 Å². The zero-order valence-electron chi connectivity index (χ0n) is 16.6. The molecule has 146 valence electrons. The number of rotatable bonds is 8. The third kappa shape index (κ3) is 7.43. The van der Waals surface area contributed by atoms with Crippen LogP contribution in [0.15, 0.2) is 52.8 Å². The fraction of sp³-hybridized carbons (Fsp3) is 0.429. The summed E-state index contributed by atoms with van der Waals surface area (Å²) in [5.74, 6) is 1.11. The predicted molar refractivity (Wildman–Crippen MR) is 114 cm³/mol. The van der Waals surface area contributed by atoms with Crippen molar-refractivity contribution in [1.82, 2.24) is 15.5 Å². The van der Waals surface area contributed by atoms with E-state index >= 15 is 0 Å². The standard InChI is InChI=1S/C21H30N4OS/c1-16(13-19-11-8-12-27-19)14-22-21(23-15-20(26)25(3)4)24-17(2)18-9-6-5-7-10-18/h5-12,16-17H,13-15H2,1-4H3,(H2,22,23,24). The molecule has 0 saturated heterocycles. The van der Waals surface area contributed by atoms with Gasteiger partial charge in [0.05, 0.1) is 6.04 Å². The summed E-state index contributed by atoms with van der Waals surface area (Å²) >= 11 is 1.79. The molecule has 2 N–H and O–H groups in total. The van der Waals surface area contributed by atoms with Crippen LogP contribution in [0.1, 0.15) is 30.3 Å². The fourth-order valence-electron chi connectivity index (χ4n) is 2.59. The van der Waals surface area contributed by atoms with E-state index in [0.29, 0.717) is 11.9 Å². The molecule has 27 heavy (non-hydrogen) atoms. The maximum atomic E-state index is 11.9. The van der Waals surface area contributed by atoms with Crippen molar-refractivity contribution in [3.05, 3.63) is 58.3 Å². The average molecular weight is 387 g/mol. The number of nitrogens with one attached hydrogen (secondary N) is 2. The lowest BCUT2D eigenvalue weighted by Crippen LogP contribution is -2.41. The number of hydrogen-bond acceptors (Lipinski definition) is 3. The minimum Gasteiger partial charge on any atom is -0.356 e. The zero-order chi connectivity index (χ0) is 19.6. The molecule has 2 rings (SSSR count). The Morgan fingerprint density at radius 2 is 1.89 bits per heavy atom. The summed E-state index contributed by atoms with van der Waals surface area (Å²) in [6.07, 6.45) is 1.03. The number of benzene rings is 1. The number of guanidine groups is 1. The number of aliphatic imine (C=N–C) groups is 1. The number of thiophene rings is 1. The second-order valence-corrected chi connectivity index (χ2v) is 8.03. The van der Waals surface area contributed by atoms with Crippen LogP contribution in [0.2, 0.25) is 0 Å². The molecule has 0 fully saturated rings. The Bertz CT molecular complexity index is 713. The van der Waals surface area contributed by atoms with Crippen molar-refractivity contribution in [2.24, 2.45) is 10.9 Å². The Kier molecular flexibility index (Phi) is 8.33. The zero-order valence-corrected chi connectivity index (χ0v) is 17.4. The number of carbonyl (C=O) groups is 1. The van der Waals surface area contributed by atoms with Crippen LogP contribution in [0.3, 0.4) is 0 Å². The topological polar surface area (TPSA) is 56.7 Å². The molecule has 5 nitrogen and oxygen atoms in total. The number of likely N-dealkylation sites (N-methyl/N-ethyl adjacent to an activating group) is 1. The van der Waals surface area contributed by atoms with Crippen LogP contribution in [0.5, 0.6) is 0 Å². The van der Waals surface area contributed by atoms with Gasteiger partial charge >= 0.3 is 0 Å². The van der Waals surface area contributed by atoms with Gasteiger partial charge in [0.25, 0.3) is 0 Å². The minimum absolute atomic E-state index is 0.0184. The monoisotopic (exact) mass is 386 g/mol. The first-order chi connectivity index (χ1) is 13.0. The average Bonchev–Trinajstić information content (AvgIpc) is 3.17. The van der Waals surface area contributed by atoms with Gasteiger partial charge in [0.15, 0.2) is 5.96 Å². The Labute approximate surface area is 166 Å². The number of hydrogen-bond donors (Lipinski definition) is 2. The SMILES string of the molecule is CC(CNC(=NCC(=O)N(C)C)NC(C)c1ccccc1)Cc1cccs1. The lowest BCUT2D eigenvalue weighted by Gasteiger charge is -2.20. The van der Waals surface area contributed by atoms with Gasteiger partial charge in [0, 0.05) is 25.5 Å². The molecule has 0 aliphatic heterocycles. The molecule has 1 heterocycles. The van der Waals surface area contributed by atoms with Crippen LogP contribution in [-0.2, 0) is 11.2 Å². The second-order valence-electron chi connectivity index (χ2n) is 7.00. The van der Waals surface area contributed by atoms with E-state index in [1.807, 2.05) is 18.2 Å². The number of amides is 1. The van der Waals surface area contributed by atoms with Crippen molar-refractivity contribution < 1.29 is 4.79 Å². The number of nitrogens with zero attached hydrogens (tertiary/aromatic N) is 2. The van der Waals surface area contributed by atoms with Crippen molar-refractivity contribution in [3.8, 4) is 0 Å². The first kappa shape index (κ1) is 21.0. The smallest absolute Gasteiger partial charge is 0.243 e. The molecule has 0 radical (unpaired) electrons. The van der Waals surface area contributed by atoms with E-state index in [9.17, 15) is 4.79 Å². The lowest BCUT2D eigenvalue weighted by molar-refractivity contribution is -0.127. The van der Waals surface area contributed by atoms with Crippen molar-refractivity contribution in [3.63, 3.8) is 0 Å². The Hall–Kier alpha value is -2.34. The molecule has 0 saturated carbocycles. The minimum atomic E-state index is -0.0184. The van der Waals surface area contributed by atoms with E-state index in [1.165, 1.54) is 10.4 Å². The highest BCUT2D eigenvalue weighted by Crippen LogP contribution is 2.14. The molecule has 0 aliphatic carbocycles. The van der Waals surface area contributed by atoms with Crippen LogP contribution in [-0.4, -0.2) is 44.0 Å². The predicted octanol–water partition coefficient (Wildman–Crippen LogP) is 3.31. The van der Waals surface area contributed by atoms with Crippen LogP contribution < -0.4 is 10.6 Å². The largest absolute Gasteiger partial charge is 0.356 e. The third-order valence-corrected chi connectivity index (χ3v) is 5.17. The van der Waals surface area contributed by atoms with Gasteiger partial charge in [-0.15, -0.1) is 11.3 Å². The van der Waals surface area contributed by atoms with Crippen LogP contribution in [0, 0.1) is 5.92 Å². The molecule has 1 aromatic heterocycles. The molecular weight excluding hydrogens is 356 g/mol. The van der Waals surface area contributed by atoms with Crippen molar-refractivity contribution in [2.75, 3.05) is 27.2 Å². The summed E-state index contributed by atoms with van der Waals surface area (Å²) in [5, 5.41) is 8.92. The van der Waals surface area contributed by atoms with Crippen LogP contribution >= 0.6 is 11.3 Å². The summed E-state index contributed by atoms with van der Waals surface area (Å²) < 4.78 is 0. The molecule has 0 bridgehead atoms. The van der Waals surface area contributed by atoms with E-state index in [-0.39, 0.29) is 18.5 Å². The molecule has 2 unspecified atom stereocenters. The summed E-state index contributed by atoms with van der Waals surface area (Å²) in [6.45, 7) is 5.23. The lowest BCUT2D eigenvalue weighted by atomic mass is 10.1. The molecule has 2 atom stereocenters. The highest BCUT2D eigenvalue weighted by molar-refractivity contribution is 7.09. The molecular formula is C21H30N4OS. The Balaban J connectivity index is 1.97. The molecule has 0 aliphatic rings. The molecule has 6 heteroatoms. The third-order valence-electron chi connectivity index (χ3n) is 4.27. The number of carbonyl (C=O) groups excluding carboxylic acids is 1. The van der Waals surface area contributed by atoms with Crippen LogP contribution in [0.4, 0.5) is 0 Å². The Morgan fingerprint density at radius 3 is 2.52 bits per heavy atom. The van der Waals surface area contributed by atoms with E-state index in [4.69, 9.17) is 0 Å². The van der Waals surface area contributed by atoms with Gasteiger partial charge in [-0.05, 0) is 36.3 Å². The maximum Gasteiger partial charge on any atom is 0.243 e. The maximum absolute atomic E-state index is 11.9. The van der Waals surface area contributed by atoms with Gasteiger partial charge in [-0.25, -0.2) is 4.99 Å². The van der Waals surface area contributed by atoms with E-state index in [1.54, 1.807) is 30.3 Å². The van der Waals surface area contributed by atoms with Gasteiger partial charge in [-0.2, -0.15) is 0 Å². The van der Waals surface area contributed by atoms with Crippen molar-refractivity contribution >= 4 is 23.2 Å². The van der Waals surface area contributed by atoms with Gasteiger partial charge in [-0.1, -0.05) is 43.3 Å². The fourth-order valence-corrected chi connectivity index (χ4v) is 3.46. The van der Waals surface area contributed by atoms with E-state index in [0.717, 1.165) is 13.0 Å². The first-order valence-corrected chi connectivity index (χ1v) is 10.2. The highest BCUT2D eigenvalue weighted by Gasteiger charge is 2.11. The molecule has 2 aromatic rings. The summed E-state index contributed by atoms with van der Waals surface area (Å²) in [5.41, 5.74) is 1.18. The van der Waals surface area contributed by atoms with Gasteiger partial charge < -0.3 is 15.5 Å². The van der Waals surface area contributed by atoms with Crippen molar-refractivity contribution in [2.45, 2.75) is 26.3 Å². The normalized spacial score (nSPS) is 13.7. The van der Waals surface area contributed by atoms with E-state index in [2.05, 4.69) is 59.1 Å². The van der Waals surface area contributed by atoms with Crippen molar-refractivity contribution in [1.29, 1.82) is 0 Å². The molecule has 0 spiro atoms. The summed E-state index contributed by atoms with van der Waals surface area (Å²) in [6, 6.07) is 14.6. The van der Waals surface area contributed by atoms with E-state index < -0.39 is 0 Å². The molecule has 1 amide bonds. The van der Waals surface area contributed by atoms with Gasteiger partial charge in [-0.3, -0.25) is 4.79 Å². The molecule has 1 aromatic carbocycles. The highest BCUT2D eigenvalue weighted by atomic mass is 32.1. The summed E-state index contributed by atoms with van der Waals surface area (Å²) in [7, 11) is 3.49. The van der Waals surface area contributed by atoms with Crippen LogP contribution in [0.25, 0.3) is 0 Å². The summed E-state index contributed by atoms with van der Waals surface area (Å²) in [4.78, 5) is 19.3.